The van der Waals surface area contributed by atoms with E-state index in [1.807, 2.05) is 0 Å². The Hall–Kier alpha value is -1.68. The molecule has 0 aromatic carbocycles. The molecule has 6 heteroatoms. The summed E-state index contributed by atoms with van der Waals surface area (Å²) >= 11 is 3.53. The molecule has 126 valence electrons. The first kappa shape index (κ1) is 17.2. The molecule has 0 spiro atoms. The van der Waals surface area contributed by atoms with Crippen molar-refractivity contribution >= 4 is 28.6 Å². The molecule has 2 aromatic rings. The third-order valence-corrected chi connectivity index (χ3v) is 6.62. The van der Waals surface area contributed by atoms with E-state index < -0.39 is 5.54 Å². The molecule has 1 amide bonds. The van der Waals surface area contributed by atoms with E-state index in [9.17, 15) is 10.1 Å². The lowest BCUT2D eigenvalue weighted by Gasteiger charge is -2.37. The fraction of sp³-hybridized carbons (Fsp3) is 0.444. The fourth-order valence-electron chi connectivity index (χ4n) is 2.99. The highest BCUT2D eigenvalue weighted by Crippen LogP contribution is 2.39. The van der Waals surface area contributed by atoms with Gasteiger partial charge < -0.3 is 4.90 Å². The van der Waals surface area contributed by atoms with Crippen LogP contribution in [0.1, 0.15) is 35.2 Å². The van der Waals surface area contributed by atoms with Gasteiger partial charge in [0.1, 0.15) is 5.54 Å². The number of thiophene rings is 2. The van der Waals surface area contributed by atoms with Crippen LogP contribution in [0.4, 0.5) is 0 Å². The summed E-state index contributed by atoms with van der Waals surface area (Å²) in [6.45, 7) is 4.74. The molecular formula is C18H21N3OS2. The molecule has 0 N–H and O–H groups in total. The number of likely N-dealkylation sites (N-methyl/N-ethyl adjacent to an activating group) is 1. The standard InChI is InChI=1S/C18H21N3OS2/c1-18(2,12-19)20(3)16(22)11-21-8-6-14-13(7-10-24-14)17(21)15-5-4-9-23-15/h4-5,7,9-10,17H,6,8,11H2,1-3H3/t17-/m0/s1. The molecule has 2 aromatic heterocycles. The van der Waals surface area contributed by atoms with Crippen LogP contribution in [0.2, 0.25) is 0 Å². The molecule has 0 saturated heterocycles. The molecule has 1 aliphatic heterocycles. The molecule has 4 nitrogen and oxygen atoms in total. The summed E-state index contributed by atoms with van der Waals surface area (Å²) < 4.78 is 0. The molecule has 3 heterocycles. The number of hydrogen-bond acceptors (Lipinski definition) is 5. The Labute approximate surface area is 150 Å². The van der Waals surface area contributed by atoms with Crippen molar-refractivity contribution in [1.82, 2.24) is 9.80 Å². The van der Waals surface area contributed by atoms with Crippen LogP contribution in [0.3, 0.4) is 0 Å². The van der Waals surface area contributed by atoms with Crippen molar-refractivity contribution in [3.63, 3.8) is 0 Å². The van der Waals surface area contributed by atoms with E-state index in [1.165, 1.54) is 15.3 Å². The number of amides is 1. The number of rotatable bonds is 4. The quantitative estimate of drug-likeness (QED) is 0.839. The number of fused-ring (bicyclic) bond motifs is 1. The highest BCUT2D eigenvalue weighted by atomic mass is 32.1. The molecule has 0 fully saturated rings. The molecular weight excluding hydrogens is 338 g/mol. The van der Waals surface area contributed by atoms with Crippen molar-refractivity contribution in [2.24, 2.45) is 0 Å². The van der Waals surface area contributed by atoms with Gasteiger partial charge in [-0.15, -0.1) is 22.7 Å². The molecule has 1 atom stereocenters. The Bertz CT molecular complexity index is 758. The summed E-state index contributed by atoms with van der Waals surface area (Å²) in [6, 6.07) is 8.73. The summed E-state index contributed by atoms with van der Waals surface area (Å²) in [5.74, 6) is -0.0122. The third kappa shape index (κ3) is 3.12. The first-order chi connectivity index (χ1) is 11.4. The van der Waals surface area contributed by atoms with Crippen molar-refractivity contribution in [2.75, 3.05) is 20.1 Å². The van der Waals surface area contributed by atoms with Crippen LogP contribution in [0.25, 0.3) is 0 Å². The smallest absolute Gasteiger partial charge is 0.237 e. The highest BCUT2D eigenvalue weighted by Gasteiger charge is 2.34. The van der Waals surface area contributed by atoms with E-state index in [0.29, 0.717) is 6.54 Å². The number of hydrogen-bond donors (Lipinski definition) is 0. The largest absolute Gasteiger partial charge is 0.326 e. The number of carbonyl (C=O) groups excluding carboxylic acids is 1. The maximum Gasteiger partial charge on any atom is 0.237 e. The van der Waals surface area contributed by atoms with Gasteiger partial charge in [-0.1, -0.05) is 6.07 Å². The summed E-state index contributed by atoms with van der Waals surface area (Å²) in [5, 5.41) is 13.5. The lowest BCUT2D eigenvalue weighted by Crippen LogP contribution is -2.49. The van der Waals surface area contributed by atoms with Gasteiger partial charge in [0.05, 0.1) is 18.7 Å². The fourth-order valence-corrected chi connectivity index (χ4v) is 4.77. The van der Waals surface area contributed by atoms with E-state index >= 15 is 0 Å². The number of nitrogens with zero attached hydrogens (tertiary/aromatic N) is 3. The SMILES string of the molecule is CN(C(=O)CN1CCc2sccc2[C@H]1c1cccs1)C(C)(C)C#N. The molecule has 3 rings (SSSR count). The van der Waals surface area contributed by atoms with Gasteiger partial charge in [-0.3, -0.25) is 9.69 Å². The van der Waals surface area contributed by atoms with Crippen LogP contribution in [0.15, 0.2) is 29.0 Å². The van der Waals surface area contributed by atoms with Gasteiger partial charge in [0.25, 0.3) is 0 Å². The molecule has 0 bridgehead atoms. The summed E-state index contributed by atoms with van der Waals surface area (Å²) in [6.07, 6.45) is 0.980. The lowest BCUT2D eigenvalue weighted by molar-refractivity contribution is -0.134. The Morgan fingerprint density at radius 3 is 2.88 bits per heavy atom. The number of carbonyl (C=O) groups is 1. The second kappa shape index (κ2) is 6.67. The van der Waals surface area contributed by atoms with Gasteiger partial charge in [-0.25, -0.2) is 0 Å². The van der Waals surface area contributed by atoms with Crippen molar-refractivity contribution in [3.05, 3.63) is 44.3 Å². The Morgan fingerprint density at radius 1 is 1.42 bits per heavy atom. The monoisotopic (exact) mass is 359 g/mol. The van der Waals surface area contributed by atoms with Crippen LogP contribution in [0, 0.1) is 11.3 Å². The topological polar surface area (TPSA) is 47.3 Å². The second-order valence-electron chi connectivity index (χ2n) is 6.56. The molecule has 1 aliphatic rings. The predicted molar refractivity (Wildman–Crippen MR) is 98.2 cm³/mol. The van der Waals surface area contributed by atoms with E-state index in [1.54, 1.807) is 48.5 Å². The Kier molecular flexibility index (Phi) is 4.77. The van der Waals surface area contributed by atoms with Crippen LogP contribution in [-0.2, 0) is 11.2 Å². The zero-order valence-electron chi connectivity index (χ0n) is 14.2. The Balaban J connectivity index is 1.85. The van der Waals surface area contributed by atoms with Gasteiger partial charge in [0.2, 0.25) is 5.91 Å². The first-order valence-electron chi connectivity index (χ1n) is 7.95. The van der Waals surface area contributed by atoms with E-state index in [0.717, 1.165) is 13.0 Å². The zero-order chi connectivity index (χ0) is 17.3. The van der Waals surface area contributed by atoms with Crippen molar-refractivity contribution in [3.8, 4) is 6.07 Å². The Morgan fingerprint density at radius 2 is 2.21 bits per heavy atom. The minimum absolute atomic E-state index is 0.0122. The van der Waals surface area contributed by atoms with E-state index in [-0.39, 0.29) is 11.9 Å². The van der Waals surface area contributed by atoms with Gasteiger partial charge in [0.15, 0.2) is 0 Å². The average molecular weight is 360 g/mol. The minimum Gasteiger partial charge on any atom is -0.326 e. The van der Waals surface area contributed by atoms with Crippen LogP contribution < -0.4 is 0 Å². The molecule has 0 radical (unpaired) electrons. The lowest BCUT2D eigenvalue weighted by atomic mass is 9.98. The first-order valence-corrected chi connectivity index (χ1v) is 9.71. The summed E-state index contributed by atoms with van der Waals surface area (Å²) in [4.78, 5) is 19.2. The second-order valence-corrected chi connectivity index (χ2v) is 8.54. The summed E-state index contributed by atoms with van der Waals surface area (Å²) in [5.41, 5.74) is 0.530. The molecule has 0 aliphatic carbocycles. The number of nitriles is 1. The van der Waals surface area contributed by atoms with Crippen LogP contribution >= 0.6 is 22.7 Å². The van der Waals surface area contributed by atoms with Gasteiger partial charge in [0, 0.05) is 23.3 Å². The normalized spacial score (nSPS) is 18.0. The average Bonchev–Trinajstić information content (AvgIpc) is 3.25. The van der Waals surface area contributed by atoms with Gasteiger partial charge in [-0.2, -0.15) is 5.26 Å². The minimum atomic E-state index is -0.793. The van der Waals surface area contributed by atoms with Crippen LogP contribution in [0.5, 0.6) is 0 Å². The maximum atomic E-state index is 12.7. The van der Waals surface area contributed by atoms with Gasteiger partial charge in [-0.05, 0) is 48.7 Å². The van der Waals surface area contributed by atoms with Crippen molar-refractivity contribution in [1.29, 1.82) is 5.26 Å². The predicted octanol–water partition coefficient (Wildman–Crippen LogP) is 3.52. The van der Waals surface area contributed by atoms with Gasteiger partial charge >= 0.3 is 0 Å². The van der Waals surface area contributed by atoms with E-state index in [2.05, 4.69) is 39.9 Å². The summed E-state index contributed by atoms with van der Waals surface area (Å²) in [7, 11) is 1.71. The van der Waals surface area contributed by atoms with E-state index in [4.69, 9.17) is 0 Å². The van der Waals surface area contributed by atoms with Crippen LogP contribution in [-0.4, -0.2) is 41.4 Å². The molecule has 24 heavy (non-hydrogen) atoms. The highest BCUT2D eigenvalue weighted by molar-refractivity contribution is 7.10. The zero-order valence-corrected chi connectivity index (χ0v) is 15.8. The third-order valence-electron chi connectivity index (χ3n) is 4.70. The van der Waals surface area contributed by atoms with Crippen molar-refractivity contribution in [2.45, 2.75) is 31.8 Å². The van der Waals surface area contributed by atoms with Crippen molar-refractivity contribution < 1.29 is 4.79 Å². The molecule has 0 unspecified atom stereocenters. The molecule has 0 saturated carbocycles. The maximum absolute atomic E-state index is 12.7.